The molecule has 1 aliphatic heterocycles. The SMILES string of the molecule is CC(NC(C)(C)C)C(=O)c1ccc2c(c1)OCO2.Cl. The molecule has 0 aromatic heterocycles. The molecule has 0 fully saturated rings. The number of fused-ring (bicyclic) bond motifs is 1. The first-order valence-corrected chi connectivity index (χ1v) is 6.08. The lowest BCUT2D eigenvalue weighted by Gasteiger charge is -2.25. The fourth-order valence-corrected chi connectivity index (χ4v) is 2.01. The fourth-order valence-electron chi connectivity index (χ4n) is 2.01. The Labute approximate surface area is 119 Å². The highest BCUT2D eigenvalue weighted by molar-refractivity contribution is 6.00. The van der Waals surface area contributed by atoms with Crippen molar-refractivity contribution in [3.63, 3.8) is 0 Å². The third-order valence-corrected chi connectivity index (χ3v) is 2.70. The molecule has 0 bridgehead atoms. The highest BCUT2D eigenvalue weighted by Gasteiger charge is 2.22. The normalized spacial score (nSPS) is 14.7. The van der Waals surface area contributed by atoms with Crippen LogP contribution in [0.15, 0.2) is 18.2 Å². The van der Waals surface area contributed by atoms with Crippen molar-refractivity contribution in [2.45, 2.75) is 39.3 Å². The molecule has 1 atom stereocenters. The summed E-state index contributed by atoms with van der Waals surface area (Å²) >= 11 is 0. The highest BCUT2D eigenvalue weighted by Crippen LogP contribution is 2.32. The quantitative estimate of drug-likeness (QED) is 0.868. The van der Waals surface area contributed by atoms with Gasteiger partial charge in [0.2, 0.25) is 6.79 Å². The van der Waals surface area contributed by atoms with Crippen LogP contribution in [0.3, 0.4) is 0 Å². The van der Waals surface area contributed by atoms with Gasteiger partial charge < -0.3 is 14.8 Å². The van der Waals surface area contributed by atoms with Gasteiger partial charge in [0.1, 0.15) is 0 Å². The average Bonchev–Trinajstić information content (AvgIpc) is 2.72. The number of nitrogens with one attached hydrogen (secondary N) is 1. The number of benzene rings is 1. The Morgan fingerprint density at radius 1 is 1.26 bits per heavy atom. The Bertz CT molecular complexity index is 468. The molecule has 0 aliphatic carbocycles. The van der Waals surface area contributed by atoms with Crippen LogP contribution in [0.4, 0.5) is 0 Å². The van der Waals surface area contributed by atoms with E-state index < -0.39 is 0 Å². The molecule has 4 nitrogen and oxygen atoms in total. The Hall–Kier alpha value is -1.26. The zero-order valence-electron chi connectivity index (χ0n) is 11.6. The minimum Gasteiger partial charge on any atom is -0.454 e. The molecular formula is C14H20ClNO3. The molecule has 1 heterocycles. The van der Waals surface area contributed by atoms with E-state index in [0.29, 0.717) is 17.1 Å². The molecule has 0 radical (unpaired) electrons. The van der Waals surface area contributed by atoms with E-state index in [2.05, 4.69) is 5.32 Å². The monoisotopic (exact) mass is 285 g/mol. The van der Waals surface area contributed by atoms with E-state index in [9.17, 15) is 4.79 Å². The summed E-state index contributed by atoms with van der Waals surface area (Å²) in [5, 5.41) is 3.26. The number of ether oxygens (including phenoxy) is 2. The average molecular weight is 286 g/mol. The summed E-state index contributed by atoms with van der Waals surface area (Å²) in [5.74, 6) is 1.40. The molecule has 0 amide bonds. The van der Waals surface area contributed by atoms with Gasteiger partial charge in [0.25, 0.3) is 0 Å². The van der Waals surface area contributed by atoms with Crippen molar-refractivity contribution in [1.29, 1.82) is 0 Å². The van der Waals surface area contributed by atoms with E-state index >= 15 is 0 Å². The molecule has 1 N–H and O–H groups in total. The molecule has 19 heavy (non-hydrogen) atoms. The van der Waals surface area contributed by atoms with E-state index in [0.717, 1.165) is 0 Å². The van der Waals surface area contributed by atoms with Gasteiger partial charge in [0.05, 0.1) is 6.04 Å². The van der Waals surface area contributed by atoms with Crippen molar-refractivity contribution in [3.05, 3.63) is 23.8 Å². The van der Waals surface area contributed by atoms with Crippen LogP contribution in [-0.2, 0) is 0 Å². The maximum absolute atomic E-state index is 12.3. The second kappa shape index (κ2) is 5.80. The first kappa shape index (κ1) is 15.8. The Kier molecular flexibility index (Phi) is 4.82. The van der Waals surface area contributed by atoms with Gasteiger partial charge in [-0.1, -0.05) is 0 Å². The van der Waals surface area contributed by atoms with Gasteiger partial charge in [-0.2, -0.15) is 0 Å². The number of rotatable bonds is 3. The van der Waals surface area contributed by atoms with Gasteiger partial charge >= 0.3 is 0 Å². The van der Waals surface area contributed by atoms with Crippen molar-refractivity contribution in [2.75, 3.05) is 6.79 Å². The number of carbonyl (C=O) groups excluding carboxylic acids is 1. The first-order chi connectivity index (χ1) is 8.37. The molecule has 2 rings (SSSR count). The molecule has 106 valence electrons. The zero-order chi connectivity index (χ0) is 13.3. The highest BCUT2D eigenvalue weighted by atomic mass is 35.5. The van der Waals surface area contributed by atoms with Gasteiger partial charge in [-0.3, -0.25) is 4.79 Å². The molecule has 0 saturated heterocycles. The van der Waals surface area contributed by atoms with Crippen LogP contribution in [0.25, 0.3) is 0 Å². The lowest BCUT2D eigenvalue weighted by Crippen LogP contribution is -2.46. The van der Waals surface area contributed by atoms with Crippen molar-refractivity contribution >= 4 is 18.2 Å². The number of ketones is 1. The standard InChI is InChI=1S/C14H19NO3.ClH/c1-9(15-14(2,3)4)13(16)10-5-6-11-12(7-10)18-8-17-11;/h5-7,9,15H,8H2,1-4H3;1H. The maximum atomic E-state index is 12.3. The molecule has 1 aliphatic rings. The molecule has 1 aromatic carbocycles. The summed E-state index contributed by atoms with van der Waals surface area (Å²) in [5.41, 5.74) is 0.550. The minimum absolute atomic E-state index is 0. The van der Waals surface area contributed by atoms with E-state index in [-0.39, 0.29) is 36.6 Å². The second-order valence-electron chi connectivity index (χ2n) is 5.55. The summed E-state index contributed by atoms with van der Waals surface area (Å²) in [6.45, 7) is 8.21. The fraction of sp³-hybridized carbons (Fsp3) is 0.500. The van der Waals surface area contributed by atoms with Crippen molar-refractivity contribution in [3.8, 4) is 11.5 Å². The van der Waals surface area contributed by atoms with Crippen molar-refractivity contribution < 1.29 is 14.3 Å². The number of hydrogen-bond donors (Lipinski definition) is 1. The van der Waals surface area contributed by atoms with Crippen LogP contribution in [0.1, 0.15) is 38.1 Å². The largest absolute Gasteiger partial charge is 0.454 e. The summed E-state index contributed by atoms with van der Waals surface area (Å²) in [7, 11) is 0. The number of carbonyl (C=O) groups is 1. The van der Waals surface area contributed by atoms with E-state index in [1.165, 1.54) is 0 Å². The summed E-state index contributed by atoms with van der Waals surface area (Å²) in [6.07, 6.45) is 0. The minimum atomic E-state index is -0.231. The number of Topliss-reactive ketones (excluding diaryl/α,β-unsaturated/α-hetero) is 1. The van der Waals surface area contributed by atoms with E-state index in [1.807, 2.05) is 27.7 Å². The van der Waals surface area contributed by atoms with Crippen LogP contribution in [0, 0.1) is 0 Å². The predicted molar refractivity (Wildman–Crippen MR) is 76.5 cm³/mol. The van der Waals surface area contributed by atoms with Crippen LogP contribution in [-0.4, -0.2) is 24.2 Å². The lowest BCUT2D eigenvalue weighted by atomic mass is 10.0. The third-order valence-electron chi connectivity index (χ3n) is 2.70. The lowest BCUT2D eigenvalue weighted by molar-refractivity contribution is 0.0935. The first-order valence-electron chi connectivity index (χ1n) is 6.08. The van der Waals surface area contributed by atoms with Gasteiger partial charge in [-0.05, 0) is 45.9 Å². The Morgan fingerprint density at radius 2 is 1.89 bits per heavy atom. The number of hydrogen-bond acceptors (Lipinski definition) is 4. The zero-order valence-corrected chi connectivity index (χ0v) is 12.5. The Morgan fingerprint density at radius 3 is 2.53 bits per heavy atom. The molecule has 1 unspecified atom stereocenters. The van der Waals surface area contributed by atoms with Gasteiger partial charge in [0.15, 0.2) is 17.3 Å². The topological polar surface area (TPSA) is 47.6 Å². The van der Waals surface area contributed by atoms with Gasteiger partial charge in [-0.15, -0.1) is 12.4 Å². The Balaban J connectivity index is 0.00000180. The molecule has 0 spiro atoms. The van der Waals surface area contributed by atoms with Gasteiger partial charge in [-0.25, -0.2) is 0 Å². The number of halogens is 1. The molecule has 0 saturated carbocycles. The van der Waals surface area contributed by atoms with Crippen LogP contribution in [0.2, 0.25) is 0 Å². The second-order valence-corrected chi connectivity index (χ2v) is 5.55. The van der Waals surface area contributed by atoms with Crippen LogP contribution < -0.4 is 14.8 Å². The molecule has 1 aromatic rings. The maximum Gasteiger partial charge on any atom is 0.231 e. The van der Waals surface area contributed by atoms with Crippen LogP contribution >= 0.6 is 12.4 Å². The third kappa shape index (κ3) is 3.85. The smallest absolute Gasteiger partial charge is 0.231 e. The van der Waals surface area contributed by atoms with Crippen LogP contribution in [0.5, 0.6) is 11.5 Å². The summed E-state index contributed by atoms with van der Waals surface area (Å²) in [6, 6.07) is 5.06. The summed E-state index contributed by atoms with van der Waals surface area (Å²) < 4.78 is 10.5. The van der Waals surface area contributed by atoms with E-state index in [1.54, 1.807) is 18.2 Å². The molecular weight excluding hydrogens is 266 g/mol. The van der Waals surface area contributed by atoms with Crippen molar-refractivity contribution in [1.82, 2.24) is 5.32 Å². The van der Waals surface area contributed by atoms with Crippen molar-refractivity contribution in [2.24, 2.45) is 0 Å². The predicted octanol–water partition coefficient (Wildman–Crippen LogP) is 2.80. The molecule has 5 heteroatoms. The van der Waals surface area contributed by atoms with Gasteiger partial charge in [0, 0.05) is 11.1 Å². The summed E-state index contributed by atoms with van der Waals surface area (Å²) in [4.78, 5) is 12.3. The van der Waals surface area contributed by atoms with E-state index in [4.69, 9.17) is 9.47 Å².